The third kappa shape index (κ3) is 4.13. The molecule has 0 atom stereocenters. The number of thioether (sulfide) groups is 1. The van der Waals surface area contributed by atoms with Crippen LogP contribution in [-0.2, 0) is 4.79 Å². The Labute approximate surface area is 176 Å². The number of aromatic nitrogens is 4. The van der Waals surface area contributed by atoms with Crippen molar-refractivity contribution in [3.63, 3.8) is 0 Å². The molecule has 0 radical (unpaired) electrons. The first kappa shape index (κ1) is 19.5. The number of H-pyrrole nitrogens is 1. The Morgan fingerprint density at radius 2 is 2.10 bits per heavy atom. The lowest BCUT2D eigenvalue weighted by atomic mass is 10.2. The number of hydrogen-bond donors (Lipinski definition) is 2. The predicted molar refractivity (Wildman–Crippen MR) is 116 cm³/mol. The number of nitrogens with one attached hydrogen (secondary N) is 2. The van der Waals surface area contributed by atoms with Crippen molar-refractivity contribution in [2.75, 3.05) is 18.2 Å². The Morgan fingerprint density at radius 3 is 2.93 bits per heavy atom. The molecule has 0 saturated carbocycles. The summed E-state index contributed by atoms with van der Waals surface area (Å²) in [4.78, 5) is 20.1. The maximum atomic E-state index is 12.3. The highest BCUT2D eigenvalue weighted by atomic mass is 35.5. The van der Waals surface area contributed by atoms with Crippen LogP contribution in [0.5, 0.6) is 5.75 Å². The lowest BCUT2D eigenvalue weighted by molar-refractivity contribution is -0.115. The molecule has 0 aliphatic heterocycles. The molecule has 148 valence electrons. The highest BCUT2D eigenvalue weighted by molar-refractivity contribution is 7.99. The number of benzene rings is 2. The molecular weight excluding hydrogens is 410 g/mol. The molecule has 2 N–H and O–H groups in total. The summed E-state index contributed by atoms with van der Waals surface area (Å²) < 4.78 is 5.29. The normalized spacial score (nSPS) is 11.1. The average Bonchev–Trinajstić information content (AvgIpc) is 3.08. The molecule has 29 heavy (non-hydrogen) atoms. The highest BCUT2D eigenvalue weighted by Crippen LogP contribution is 2.31. The maximum absolute atomic E-state index is 12.3. The summed E-state index contributed by atoms with van der Waals surface area (Å²) in [6, 6.07) is 11.3. The Balaban J connectivity index is 1.39. The van der Waals surface area contributed by atoms with Crippen LogP contribution in [-0.4, -0.2) is 38.9 Å². The van der Waals surface area contributed by atoms with Crippen LogP contribution in [0.1, 0.15) is 12.0 Å². The molecule has 2 aromatic heterocycles. The van der Waals surface area contributed by atoms with Crippen LogP contribution < -0.4 is 10.1 Å². The second-order valence-electron chi connectivity index (χ2n) is 6.41. The standard InChI is InChI=1S/C20H18ClN5O2S/c1-11-9-15(16(28-2)10-13(11)21)22-17(27)7-8-29-20-24-19-18(25-26-20)12-5-3-4-6-14(12)23-19/h3-6,9-10H,7-8H2,1-2H3,(H,22,27)(H,23,24,26). The van der Waals surface area contributed by atoms with Crippen molar-refractivity contribution >= 4 is 57.0 Å². The lowest BCUT2D eigenvalue weighted by Crippen LogP contribution is -2.13. The van der Waals surface area contributed by atoms with Crippen molar-refractivity contribution in [2.45, 2.75) is 18.5 Å². The van der Waals surface area contributed by atoms with Gasteiger partial charge in [-0.25, -0.2) is 4.98 Å². The molecule has 0 unspecified atom stereocenters. The van der Waals surface area contributed by atoms with Crippen LogP contribution in [0.25, 0.3) is 22.1 Å². The van der Waals surface area contributed by atoms with E-state index >= 15 is 0 Å². The molecule has 7 nitrogen and oxygen atoms in total. The minimum Gasteiger partial charge on any atom is -0.495 e. The number of carbonyl (C=O) groups is 1. The van der Waals surface area contributed by atoms with Crippen molar-refractivity contribution in [3.05, 3.63) is 47.0 Å². The first-order valence-corrected chi connectivity index (χ1v) is 10.3. The predicted octanol–water partition coefficient (Wildman–Crippen LogP) is 4.60. The van der Waals surface area contributed by atoms with Crippen LogP contribution >= 0.6 is 23.4 Å². The zero-order valence-electron chi connectivity index (χ0n) is 15.8. The largest absolute Gasteiger partial charge is 0.495 e. The summed E-state index contributed by atoms with van der Waals surface area (Å²) in [5.41, 5.74) is 3.87. The number of hydrogen-bond acceptors (Lipinski definition) is 6. The summed E-state index contributed by atoms with van der Waals surface area (Å²) in [6.07, 6.45) is 0.295. The summed E-state index contributed by atoms with van der Waals surface area (Å²) in [5.74, 6) is 0.921. The first-order valence-electron chi connectivity index (χ1n) is 8.93. The summed E-state index contributed by atoms with van der Waals surface area (Å²) >= 11 is 7.48. The molecule has 0 bridgehead atoms. The number of fused-ring (bicyclic) bond motifs is 3. The molecule has 4 rings (SSSR count). The summed E-state index contributed by atoms with van der Waals surface area (Å²) in [6.45, 7) is 1.87. The Bertz CT molecular complexity index is 1210. The minimum absolute atomic E-state index is 0.128. The van der Waals surface area contributed by atoms with Gasteiger partial charge in [-0.1, -0.05) is 41.6 Å². The van der Waals surface area contributed by atoms with Crippen molar-refractivity contribution in [3.8, 4) is 5.75 Å². The minimum atomic E-state index is -0.128. The number of carbonyl (C=O) groups excluding carboxylic acids is 1. The molecule has 2 heterocycles. The molecule has 9 heteroatoms. The summed E-state index contributed by atoms with van der Waals surface area (Å²) in [7, 11) is 1.54. The number of ether oxygens (including phenoxy) is 1. The SMILES string of the molecule is COc1cc(Cl)c(C)cc1NC(=O)CCSc1nnc2c(n1)[nH]c1ccccc12. The topological polar surface area (TPSA) is 92.8 Å². The van der Waals surface area contributed by atoms with Gasteiger partial charge < -0.3 is 15.0 Å². The maximum Gasteiger partial charge on any atom is 0.225 e. The fourth-order valence-corrected chi connectivity index (χ4v) is 3.82. The van der Waals surface area contributed by atoms with Gasteiger partial charge >= 0.3 is 0 Å². The Kier molecular flexibility index (Phi) is 5.55. The van der Waals surface area contributed by atoms with E-state index in [9.17, 15) is 4.79 Å². The number of rotatable bonds is 6. The number of anilines is 1. The van der Waals surface area contributed by atoms with Crippen molar-refractivity contribution in [2.24, 2.45) is 0 Å². The van der Waals surface area contributed by atoms with Gasteiger partial charge in [-0.3, -0.25) is 4.79 Å². The van der Waals surface area contributed by atoms with Crippen LogP contribution in [0, 0.1) is 6.92 Å². The molecule has 0 spiro atoms. The number of halogens is 1. The van der Waals surface area contributed by atoms with E-state index in [-0.39, 0.29) is 5.91 Å². The van der Waals surface area contributed by atoms with E-state index in [0.717, 1.165) is 22.0 Å². The molecule has 0 saturated heterocycles. The number of methoxy groups -OCH3 is 1. The van der Waals surface area contributed by atoms with E-state index in [4.69, 9.17) is 16.3 Å². The molecule has 4 aromatic rings. The highest BCUT2D eigenvalue weighted by Gasteiger charge is 2.12. The number of aryl methyl sites for hydroxylation is 1. The lowest BCUT2D eigenvalue weighted by Gasteiger charge is -2.12. The van der Waals surface area contributed by atoms with E-state index in [2.05, 4.69) is 25.5 Å². The number of para-hydroxylation sites is 1. The molecule has 0 fully saturated rings. The smallest absolute Gasteiger partial charge is 0.225 e. The van der Waals surface area contributed by atoms with Gasteiger partial charge in [0.2, 0.25) is 11.1 Å². The van der Waals surface area contributed by atoms with Crippen molar-refractivity contribution < 1.29 is 9.53 Å². The van der Waals surface area contributed by atoms with E-state index in [1.54, 1.807) is 12.1 Å². The third-order valence-electron chi connectivity index (χ3n) is 4.42. The van der Waals surface area contributed by atoms with Gasteiger partial charge in [0.25, 0.3) is 0 Å². The van der Waals surface area contributed by atoms with Gasteiger partial charge in [0.1, 0.15) is 11.3 Å². The molecule has 0 aliphatic carbocycles. The molecular formula is C20H18ClN5O2S. The van der Waals surface area contributed by atoms with Gasteiger partial charge in [-0.05, 0) is 24.6 Å². The van der Waals surface area contributed by atoms with E-state index in [0.29, 0.717) is 39.4 Å². The van der Waals surface area contributed by atoms with Crippen LogP contribution in [0.15, 0.2) is 41.6 Å². The van der Waals surface area contributed by atoms with Gasteiger partial charge in [-0.2, -0.15) is 0 Å². The Morgan fingerprint density at radius 1 is 1.28 bits per heavy atom. The van der Waals surface area contributed by atoms with Crippen LogP contribution in [0.4, 0.5) is 5.69 Å². The van der Waals surface area contributed by atoms with Crippen LogP contribution in [0.3, 0.4) is 0 Å². The Hall–Kier alpha value is -2.84. The fourth-order valence-electron chi connectivity index (χ4n) is 2.94. The van der Waals surface area contributed by atoms with Gasteiger partial charge in [0.05, 0.1) is 12.8 Å². The fraction of sp³-hybridized carbons (Fsp3) is 0.200. The second kappa shape index (κ2) is 8.26. The number of aromatic amines is 1. The van der Waals surface area contributed by atoms with Gasteiger partial charge in [0, 0.05) is 34.2 Å². The zero-order chi connectivity index (χ0) is 20.4. The van der Waals surface area contributed by atoms with Crippen LogP contribution in [0.2, 0.25) is 5.02 Å². The average molecular weight is 428 g/mol. The number of nitrogens with zero attached hydrogens (tertiary/aromatic N) is 3. The van der Waals surface area contributed by atoms with Gasteiger partial charge in [0.15, 0.2) is 5.65 Å². The quantitative estimate of drug-likeness (QED) is 0.437. The second-order valence-corrected chi connectivity index (χ2v) is 7.88. The first-order chi connectivity index (χ1) is 14.0. The number of amides is 1. The van der Waals surface area contributed by atoms with E-state index in [1.807, 2.05) is 31.2 Å². The van der Waals surface area contributed by atoms with Gasteiger partial charge in [-0.15, -0.1) is 10.2 Å². The van der Waals surface area contributed by atoms with Crippen molar-refractivity contribution in [1.29, 1.82) is 0 Å². The van der Waals surface area contributed by atoms with E-state index in [1.165, 1.54) is 18.9 Å². The summed E-state index contributed by atoms with van der Waals surface area (Å²) in [5, 5.41) is 13.4. The molecule has 2 aromatic carbocycles. The third-order valence-corrected chi connectivity index (χ3v) is 5.66. The molecule has 0 aliphatic rings. The van der Waals surface area contributed by atoms with E-state index < -0.39 is 0 Å². The molecule has 1 amide bonds. The monoisotopic (exact) mass is 427 g/mol. The van der Waals surface area contributed by atoms with Crippen molar-refractivity contribution in [1.82, 2.24) is 20.2 Å². The zero-order valence-corrected chi connectivity index (χ0v) is 17.4.